The molecule has 0 unspecified atom stereocenters. The second-order valence-corrected chi connectivity index (χ2v) is 9.39. The van der Waals surface area contributed by atoms with E-state index >= 15 is 0 Å². The summed E-state index contributed by atoms with van der Waals surface area (Å²) in [5.41, 5.74) is 2.98. The molecule has 1 aliphatic heterocycles. The van der Waals surface area contributed by atoms with Crippen molar-refractivity contribution in [2.75, 3.05) is 6.61 Å². The van der Waals surface area contributed by atoms with Crippen LogP contribution in [0.2, 0.25) is 0 Å². The number of benzene rings is 2. The van der Waals surface area contributed by atoms with E-state index in [1.165, 1.54) is 23.9 Å². The van der Waals surface area contributed by atoms with Crippen LogP contribution < -0.4 is 5.32 Å². The average molecular weight is 454 g/mol. The molecule has 0 spiro atoms. The molecule has 3 atom stereocenters. The van der Waals surface area contributed by atoms with E-state index in [0.717, 1.165) is 41.4 Å². The Morgan fingerprint density at radius 3 is 2.66 bits per heavy atom. The Morgan fingerprint density at radius 1 is 1.22 bits per heavy atom. The first-order valence-corrected chi connectivity index (χ1v) is 11.8. The van der Waals surface area contributed by atoms with Gasteiger partial charge in [0.1, 0.15) is 5.82 Å². The molecule has 1 aliphatic rings. The van der Waals surface area contributed by atoms with E-state index < -0.39 is 0 Å². The number of carbonyl (C=O) groups excluding carboxylic acids is 1. The van der Waals surface area contributed by atoms with Crippen LogP contribution in [0, 0.1) is 5.82 Å². The Labute approximate surface area is 192 Å². The highest BCUT2D eigenvalue weighted by Crippen LogP contribution is 2.30. The van der Waals surface area contributed by atoms with Crippen LogP contribution in [0.15, 0.2) is 66.0 Å². The van der Waals surface area contributed by atoms with Crippen LogP contribution in [-0.2, 0) is 16.1 Å². The van der Waals surface area contributed by atoms with Crippen LogP contribution in [0.5, 0.6) is 0 Å². The van der Waals surface area contributed by atoms with Gasteiger partial charge in [-0.1, -0.05) is 54.2 Å². The summed E-state index contributed by atoms with van der Waals surface area (Å²) in [5.74, 6) is -0.372. The van der Waals surface area contributed by atoms with E-state index in [1.54, 1.807) is 12.1 Å². The minimum Gasteiger partial charge on any atom is -0.376 e. The van der Waals surface area contributed by atoms with Crippen LogP contribution in [0.25, 0.3) is 11.3 Å². The molecule has 1 N–H and O–H groups in total. The Bertz CT molecular complexity index is 1030. The largest absolute Gasteiger partial charge is 0.376 e. The van der Waals surface area contributed by atoms with E-state index in [0.29, 0.717) is 6.54 Å². The number of halogens is 1. The Kier molecular flexibility index (Phi) is 7.27. The number of thioether (sulfide) groups is 1. The molecule has 2 heterocycles. The van der Waals surface area contributed by atoms with Crippen LogP contribution in [-0.4, -0.2) is 33.4 Å². The predicted octanol–water partition coefficient (Wildman–Crippen LogP) is 5.23. The summed E-state index contributed by atoms with van der Waals surface area (Å²) < 4.78 is 21.2. The quantitative estimate of drug-likeness (QED) is 0.475. The van der Waals surface area contributed by atoms with Crippen molar-refractivity contribution in [2.45, 2.75) is 55.8 Å². The maximum absolute atomic E-state index is 13.2. The van der Waals surface area contributed by atoms with Crippen molar-refractivity contribution in [1.82, 2.24) is 14.9 Å². The lowest BCUT2D eigenvalue weighted by atomic mass is 10.1. The molecule has 1 saturated heterocycles. The number of hydrogen-bond acceptors (Lipinski definition) is 4. The third kappa shape index (κ3) is 5.40. The highest BCUT2D eigenvalue weighted by atomic mass is 32.2. The SMILES string of the molecule is C[C@H](Sc1ncc(-c2ccccc2)n1C[C@@H]1CCCO1)C(=O)N[C@H](C)c1ccc(F)cc1. The van der Waals surface area contributed by atoms with Gasteiger partial charge in [-0.3, -0.25) is 4.79 Å². The van der Waals surface area contributed by atoms with Gasteiger partial charge in [0.15, 0.2) is 5.16 Å². The normalized spacial score (nSPS) is 17.8. The fourth-order valence-electron chi connectivity index (χ4n) is 3.84. The lowest BCUT2D eigenvalue weighted by Crippen LogP contribution is -2.33. The number of ether oxygens (including phenoxy) is 1. The van der Waals surface area contributed by atoms with Gasteiger partial charge >= 0.3 is 0 Å². The van der Waals surface area contributed by atoms with Gasteiger partial charge in [-0.2, -0.15) is 0 Å². The highest BCUT2D eigenvalue weighted by Gasteiger charge is 2.24. The summed E-state index contributed by atoms with van der Waals surface area (Å²) in [6, 6.07) is 16.1. The molecule has 1 fully saturated rings. The molecule has 0 aliphatic carbocycles. The molecule has 7 heteroatoms. The predicted molar refractivity (Wildman–Crippen MR) is 125 cm³/mol. The third-order valence-corrected chi connectivity index (χ3v) is 6.78. The molecule has 2 aromatic carbocycles. The zero-order valence-electron chi connectivity index (χ0n) is 18.3. The number of amides is 1. The van der Waals surface area contributed by atoms with Crippen LogP contribution in [0.1, 0.15) is 38.3 Å². The molecule has 32 heavy (non-hydrogen) atoms. The summed E-state index contributed by atoms with van der Waals surface area (Å²) in [6.45, 7) is 5.29. The number of hydrogen-bond donors (Lipinski definition) is 1. The van der Waals surface area contributed by atoms with Crippen molar-refractivity contribution in [3.8, 4) is 11.3 Å². The van der Waals surface area contributed by atoms with E-state index in [2.05, 4.69) is 27.0 Å². The number of nitrogens with zero attached hydrogens (tertiary/aromatic N) is 2. The molecule has 0 bridgehead atoms. The highest BCUT2D eigenvalue weighted by molar-refractivity contribution is 8.00. The minimum atomic E-state index is -0.341. The summed E-state index contributed by atoms with van der Waals surface area (Å²) in [4.78, 5) is 17.5. The molecule has 168 valence electrons. The molecule has 5 nitrogen and oxygen atoms in total. The number of aromatic nitrogens is 2. The zero-order chi connectivity index (χ0) is 22.5. The van der Waals surface area contributed by atoms with Crippen LogP contribution >= 0.6 is 11.8 Å². The number of nitrogens with one attached hydrogen (secondary N) is 1. The van der Waals surface area contributed by atoms with E-state index in [9.17, 15) is 9.18 Å². The van der Waals surface area contributed by atoms with Gasteiger partial charge in [0, 0.05) is 6.61 Å². The molecule has 1 aromatic heterocycles. The first-order chi connectivity index (χ1) is 15.5. The van der Waals surface area contributed by atoms with E-state index in [4.69, 9.17) is 4.74 Å². The lowest BCUT2D eigenvalue weighted by molar-refractivity contribution is -0.120. The van der Waals surface area contributed by atoms with Gasteiger partial charge in [-0.25, -0.2) is 9.37 Å². The molecule has 0 saturated carbocycles. The average Bonchev–Trinajstić information content (AvgIpc) is 3.45. The van der Waals surface area contributed by atoms with Gasteiger partial charge in [-0.05, 0) is 49.9 Å². The molecule has 0 radical (unpaired) electrons. The fraction of sp³-hybridized carbons (Fsp3) is 0.360. The fourth-order valence-corrected chi connectivity index (χ4v) is 4.74. The maximum atomic E-state index is 13.2. The van der Waals surface area contributed by atoms with Crippen molar-refractivity contribution in [3.05, 3.63) is 72.2 Å². The Balaban J connectivity index is 1.49. The number of imidazole rings is 1. The van der Waals surface area contributed by atoms with Crippen molar-refractivity contribution in [3.63, 3.8) is 0 Å². The van der Waals surface area contributed by atoms with Gasteiger partial charge in [0.25, 0.3) is 0 Å². The number of rotatable bonds is 8. The van der Waals surface area contributed by atoms with Crippen molar-refractivity contribution >= 4 is 17.7 Å². The summed E-state index contributed by atoms with van der Waals surface area (Å²) in [7, 11) is 0. The Hall–Kier alpha value is -2.64. The van der Waals surface area contributed by atoms with Gasteiger partial charge in [-0.15, -0.1) is 0 Å². The van der Waals surface area contributed by atoms with Crippen molar-refractivity contribution < 1.29 is 13.9 Å². The van der Waals surface area contributed by atoms with Crippen molar-refractivity contribution in [2.24, 2.45) is 0 Å². The van der Waals surface area contributed by atoms with Crippen LogP contribution in [0.4, 0.5) is 4.39 Å². The zero-order valence-corrected chi connectivity index (χ0v) is 19.1. The molecular weight excluding hydrogens is 425 g/mol. The molecule has 3 aromatic rings. The topological polar surface area (TPSA) is 56.2 Å². The van der Waals surface area contributed by atoms with E-state index in [-0.39, 0.29) is 29.1 Å². The molecular formula is C25H28FN3O2S. The van der Waals surface area contributed by atoms with Gasteiger partial charge in [0.2, 0.25) is 5.91 Å². The van der Waals surface area contributed by atoms with Gasteiger partial charge < -0.3 is 14.6 Å². The first-order valence-electron chi connectivity index (χ1n) is 11.0. The lowest BCUT2D eigenvalue weighted by Gasteiger charge is -2.19. The third-order valence-electron chi connectivity index (χ3n) is 5.68. The van der Waals surface area contributed by atoms with Crippen LogP contribution in [0.3, 0.4) is 0 Å². The first kappa shape index (κ1) is 22.6. The monoisotopic (exact) mass is 453 g/mol. The number of carbonyl (C=O) groups is 1. The smallest absolute Gasteiger partial charge is 0.233 e. The minimum absolute atomic E-state index is 0.0836. The standard InChI is InChI=1S/C25H28FN3O2S/c1-17(19-10-12-21(26)13-11-19)28-24(30)18(2)32-25-27-15-23(20-7-4-3-5-8-20)29(25)16-22-9-6-14-31-22/h3-5,7-8,10-13,15,17-18,22H,6,9,14,16H2,1-2H3,(H,28,30)/t17-,18+,22+/m1/s1. The Morgan fingerprint density at radius 2 is 1.97 bits per heavy atom. The van der Waals surface area contributed by atoms with Gasteiger partial charge in [0.05, 0.1) is 35.8 Å². The molecule has 4 rings (SSSR count). The van der Waals surface area contributed by atoms with E-state index in [1.807, 2.05) is 38.2 Å². The maximum Gasteiger partial charge on any atom is 0.233 e. The second kappa shape index (κ2) is 10.3. The second-order valence-electron chi connectivity index (χ2n) is 8.08. The summed E-state index contributed by atoms with van der Waals surface area (Å²) >= 11 is 1.44. The summed E-state index contributed by atoms with van der Waals surface area (Å²) in [6.07, 6.45) is 4.14. The summed E-state index contributed by atoms with van der Waals surface area (Å²) in [5, 5.41) is 3.48. The molecule has 1 amide bonds. The van der Waals surface area contributed by atoms with Crippen molar-refractivity contribution in [1.29, 1.82) is 0 Å².